The molecule has 0 spiro atoms. The van der Waals surface area contributed by atoms with E-state index >= 15 is 0 Å². The summed E-state index contributed by atoms with van der Waals surface area (Å²) in [4.78, 5) is 34.2. The van der Waals surface area contributed by atoms with Crippen LogP contribution < -0.4 is 15.7 Å². The van der Waals surface area contributed by atoms with E-state index in [9.17, 15) is 14.7 Å². The number of aromatic amines is 2. The Bertz CT molecular complexity index is 1400. The summed E-state index contributed by atoms with van der Waals surface area (Å²) in [6.45, 7) is 2.35. The minimum Gasteiger partial charge on any atom is -0.493 e. The second-order valence-corrected chi connectivity index (χ2v) is 8.80. The van der Waals surface area contributed by atoms with Crippen molar-refractivity contribution in [3.05, 3.63) is 87.6 Å². The molecule has 1 aliphatic rings. The Labute approximate surface area is 196 Å². The molecular formula is C26H26N4O4. The number of para-hydroxylation sites is 1. The minimum atomic E-state index is -0.796. The standard InChI is InChI=1S/C26H26N4O4/c1-16-14-18(20-6-2-3-7-21(20)27-16)15-34-19-10-8-17(9-11-19)23(31)30-26(12-4-5-13-26)22-24(32)29-25(33)28-22/h2-3,6-11,14,32H,4-5,12-13,15H2,1H3,(H,30,31)(H2,28,29,33). The zero-order chi connectivity index (χ0) is 23.7. The van der Waals surface area contributed by atoms with Crippen LogP contribution in [0.2, 0.25) is 0 Å². The van der Waals surface area contributed by atoms with Gasteiger partial charge in [0, 0.05) is 22.2 Å². The summed E-state index contributed by atoms with van der Waals surface area (Å²) in [6, 6.07) is 16.9. The van der Waals surface area contributed by atoms with Crippen molar-refractivity contribution >= 4 is 16.8 Å². The molecule has 0 atom stereocenters. The SMILES string of the molecule is Cc1cc(COc2ccc(C(=O)NC3(c4[nH]c(=O)[nH]c4O)CCCC3)cc2)c2ccccc2n1. The number of carbonyl (C=O) groups is 1. The number of carbonyl (C=O) groups excluding carboxylic acids is 1. The molecule has 8 nitrogen and oxygen atoms in total. The lowest BCUT2D eigenvalue weighted by molar-refractivity contribution is 0.0895. The number of hydrogen-bond acceptors (Lipinski definition) is 5. The van der Waals surface area contributed by atoms with Crippen LogP contribution in [0.1, 0.15) is 53.0 Å². The van der Waals surface area contributed by atoms with Crippen molar-refractivity contribution in [2.75, 3.05) is 0 Å². The molecule has 1 aliphatic carbocycles. The number of aryl methyl sites for hydroxylation is 1. The van der Waals surface area contributed by atoms with Gasteiger partial charge in [0.25, 0.3) is 5.91 Å². The molecule has 0 unspecified atom stereocenters. The number of amides is 1. The summed E-state index contributed by atoms with van der Waals surface area (Å²) >= 11 is 0. The van der Waals surface area contributed by atoms with E-state index in [1.807, 2.05) is 37.3 Å². The third kappa shape index (κ3) is 4.14. The van der Waals surface area contributed by atoms with Crippen molar-refractivity contribution in [1.82, 2.24) is 20.3 Å². The maximum atomic E-state index is 13.0. The maximum absolute atomic E-state index is 13.0. The number of aromatic nitrogens is 3. The highest BCUT2D eigenvalue weighted by molar-refractivity contribution is 5.95. The summed E-state index contributed by atoms with van der Waals surface area (Å²) in [5.41, 5.74) is 2.43. The fourth-order valence-corrected chi connectivity index (χ4v) is 4.80. The highest BCUT2D eigenvalue weighted by Gasteiger charge is 2.41. The lowest BCUT2D eigenvalue weighted by atomic mass is 9.92. The number of fused-ring (bicyclic) bond motifs is 1. The van der Waals surface area contributed by atoms with Gasteiger partial charge in [-0.2, -0.15) is 0 Å². The molecule has 5 rings (SSSR count). The topological polar surface area (TPSA) is 120 Å². The van der Waals surface area contributed by atoms with Gasteiger partial charge in [0.15, 0.2) is 0 Å². The average Bonchev–Trinajstić information content (AvgIpc) is 3.44. The molecule has 2 aromatic heterocycles. The van der Waals surface area contributed by atoms with E-state index in [0.717, 1.165) is 35.0 Å². The van der Waals surface area contributed by atoms with Crippen molar-refractivity contribution in [3.63, 3.8) is 0 Å². The van der Waals surface area contributed by atoms with Crippen molar-refractivity contribution < 1.29 is 14.6 Å². The van der Waals surface area contributed by atoms with Gasteiger partial charge in [0.2, 0.25) is 5.88 Å². The highest BCUT2D eigenvalue weighted by atomic mass is 16.5. The molecule has 1 amide bonds. The first-order chi connectivity index (χ1) is 16.4. The van der Waals surface area contributed by atoms with Crippen LogP contribution >= 0.6 is 0 Å². The Kier molecular flexibility index (Phi) is 5.57. The number of rotatable bonds is 6. The largest absolute Gasteiger partial charge is 0.493 e. The number of aromatic hydroxyl groups is 1. The van der Waals surface area contributed by atoms with Crippen molar-refractivity contribution in [2.24, 2.45) is 0 Å². The average molecular weight is 459 g/mol. The molecule has 2 aromatic carbocycles. The van der Waals surface area contributed by atoms with Gasteiger partial charge < -0.3 is 20.1 Å². The number of nitrogens with one attached hydrogen (secondary N) is 3. The third-order valence-electron chi connectivity index (χ3n) is 6.44. The van der Waals surface area contributed by atoms with Crippen molar-refractivity contribution in [1.29, 1.82) is 0 Å². The number of benzene rings is 2. The molecule has 0 radical (unpaired) electrons. The Morgan fingerprint density at radius 1 is 1.12 bits per heavy atom. The van der Waals surface area contributed by atoms with E-state index in [0.29, 0.717) is 36.5 Å². The van der Waals surface area contributed by atoms with Crippen molar-refractivity contribution in [2.45, 2.75) is 44.8 Å². The maximum Gasteiger partial charge on any atom is 0.326 e. The number of ether oxygens (including phenoxy) is 1. The predicted molar refractivity (Wildman–Crippen MR) is 128 cm³/mol. The van der Waals surface area contributed by atoms with Crippen LogP contribution in [0, 0.1) is 6.92 Å². The molecular weight excluding hydrogens is 432 g/mol. The Morgan fingerprint density at radius 2 is 1.85 bits per heavy atom. The summed E-state index contributed by atoms with van der Waals surface area (Å²) in [5, 5.41) is 14.3. The van der Waals surface area contributed by atoms with Gasteiger partial charge in [-0.25, -0.2) is 4.79 Å². The van der Waals surface area contributed by atoms with Crippen LogP contribution in [0.4, 0.5) is 0 Å². The second-order valence-electron chi connectivity index (χ2n) is 8.80. The number of imidazole rings is 1. The van der Waals surface area contributed by atoms with Crippen molar-refractivity contribution in [3.8, 4) is 11.6 Å². The van der Waals surface area contributed by atoms with Crippen LogP contribution in [0.3, 0.4) is 0 Å². The first-order valence-corrected chi connectivity index (χ1v) is 11.4. The van der Waals surface area contributed by atoms with Gasteiger partial charge in [0.05, 0.1) is 11.1 Å². The molecule has 1 saturated carbocycles. The zero-order valence-electron chi connectivity index (χ0n) is 18.9. The molecule has 174 valence electrons. The quantitative estimate of drug-likeness (QED) is 0.348. The molecule has 4 aromatic rings. The van der Waals surface area contributed by atoms with Gasteiger partial charge in [-0.15, -0.1) is 0 Å². The fraction of sp³-hybridized carbons (Fsp3) is 0.269. The van der Waals surface area contributed by atoms with E-state index in [4.69, 9.17) is 4.74 Å². The Morgan fingerprint density at radius 3 is 2.56 bits per heavy atom. The van der Waals surface area contributed by atoms with Crippen LogP contribution in [0.5, 0.6) is 11.6 Å². The molecule has 0 saturated heterocycles. The minimum absolute atomic E-state index is 0.227. The van der Waals surface area contributed by atoms with Crippen LogP contribution in [0.15, 0.2) is 59.4 Å². The van der Waals surface area contributed by atoms with E-state index in [2.05, 4.69) is 20.3 Å². The smallest absolute Gasteiger partial charge is 0.326 e. The summed E-state index contributed by atoms with van der Waals surface area (Å²) in [6.07, 6.45) is 3.06. The Balaban J connectivity index is 1.30. The van der Waals surface area contributed by atoms with E-state index < -0.39 is 11.2 Å². The molecule has 34 heavy (non-hydrogen) atoms. The molecule has 0 aliphatic heterocycles. The van der Waals surface area contributed by atoms with Gasteiger partial charge in [-0.1, -0.05) is 31.0 Å². The molecule has 8 heteroatoms. The first-order valence-electron chi connectivity index (χ1n) is 11.4. The van der Waals surface area contributed by atoms with Gasteiger partial charge >= 0.3 is 5.69 Å². The van der Waals surface area contributed by atoms with Crippen LogP contribution in [-0.2, 0) is 12.1 Å². The number of H-pyrrole nitrogens is 2. The molecule has 2 heterocycles. The first kappa shape index (κ1) is 21.8. The third-order valence-corrected chi connectivity index (χ3v) is 6.44. The molecule has 0 bridgehead atoms. The van der Waals surface area contributed by atoms with E-state index in [-0.39, 0.29) is 11.8 Å². The monoisotopic (exact) mass is 458 g/mol. The van der Waals surface area contributed by atoms with E-state index in [1.165, 1.54) is 0 Å². The summed E-state index contributed by atoms with van der Waals surface area (Å²) in [7, 11) is 0. The molecule has 4 N–H and O–H groups in total. The van der Waals surface area contributed by atoms with Crippen LogP contribution in [0.25, 0.3) is 10.9 Å². The predicted octanol–water partition coefficient (Wildman–Crippen LogP) is 4.04. The lowest BCUT2D eigenvalue weighted by Crippen LogP contribution is -2.44. The normalized spacial score (nSPS) is 14.9. The molecule has 1 fully saturated rings. The number of pyridine rings is 1. The number of hydrogen-bond donors (Lipinski definition) is 4. The highest BCUT2D eigenvalue weighted by Crippen LogP contribution is 2.40. The summed E-state index contributed by atoms with van der Waals surface area (Å²) < 4.78 is 5.99. The van der Waals surface area contributed by atoms with Crippen LogP contribution in [-0.4, -0.2) is 26.0 Å². The van der Waals surface area contributed by atoms with Gasteiger partial charge in [0.1, 0.15) is 18.1 Å². The zero-order valence-corrected chi connectivity index (χ0v) is 18.9. The Hall–Kier alpha value is -4.07. The summed E-state index contributed by atoms with van der Waals surface area (Å²) in [5.74, 6) is 0.152. The van der Waals surface area contributed by atoms with Gasteiger partial charge in [-0.05, 0) is 56.2 Å². The fourth-order valence-electron chi connectivity index (χ4n) is 4.80. The van der Waals surface area contributed by atoms with Gasteiger partial charge in [-0.3, -0.25) is 14.8 Å². The van der Waals surface area contributed by atoms with E-state index in [1.54, 1.807) is 24.3 Å². The number of nitrogens with zero attached hydrogens (tertiary/aromatic N) is 1. The lowest BCUT2D eigenvalue weighted by Gasteiger charge is -2.29. The second kappa shape index (κ2) is 8.70.